The van der Waals surface area contributed by atoms with Crippen LogP contribution in [0.3, 0.4) is 0 Å². The van der Waals surface area contributed by atoms with Crippen LogP contribution < -0.4 is 9.64 Å². The molecule has 0 saturated heterocycles. The molecule has 0 aromatic carbocycles. The van der Waals surface area contributed by atoms with Gasteiger partial charge in [0, 0.05) is 44.3 Å². The number of fused-ring (bicyclic) bond motifs is 1. The summed E-state index contributed by atoms with van der Waals surface area (Å²) >= 11 is 0. The molecule has 0 N–H and O–H groups in total. The van der Waals surface area contributed by atoms with E-state index in [1.54, 1.807) is 7.11 Å². The second kappa shape index (κ2) is 6.31. The zero-order chi connectivity index (χ0) is 15.5. The second-order valence-electron chi connectivity index (χ2n) is 5.33. The highest BCUT2D eigenvalue weighted by atomic mass is 16.5. The van der Waals surface area contributed by atoms with Crippen LogP contribution in [0.5, 0.6) is 5.88 Å². The first-order chi connectivity index (χ1) is 10.7. The van der Waals surface area contributed by atoms with Gasteiger partial charge in [-0.2, -0.15) is 5.10 Å². The van der Waals surface area contributed by atoms with Crippen LogP contribution in [0.25, 0.3) is 0 Å². The smallest absolute Gasteiger partial charge is 0.218 e. The molecule has 3 heterocycles. The number of aromatic nitrogens is 4. The summed E-state index contributed by atoms with van der Waals surface area (Å²) in [7, 11) is 3.60. The lowest BCUT2D eigenvalue weighted by atomic mass is 9.97. The molecule has 0 bridgehead atoms. The summed E-state index contributed by atoms with van der Waals surface area (Å²) in [6, 6.07) is 1.86. The molecule has 1 atom stereocenters. The van der Waals surface area contributed by atoms with Crippen molar-refractivity contribution in [2.75, 3.05) is 31.8 Å². The molecule has 0 amide bonds. The first-order valence-corrected chi connectivity index (χ1v) is 7.42. The number of rotatable bonds is 5. The summed E-state index contributed by atoms with van der Waals surface area (Å²) in [6.45, 7) is 5.03. The molecule has 0 aliphatic carbocycles. The summed E-state index contributed by atoms with van der Waals surface area (Å²) in [4.78, 5) is 10.7. The van der Waals surface area contributed by atoms with Crippen LogP contribution in [0.15, 0.2) is 18.6 Å². The highest BCUT2D eigenvalue weighted by molar-refractivity contribution is 5.45. The van der Waals surface area contributed by atoms with Gasteiger partial charge < -0.3 is 14.4 Å². The molecule has 0 spiro atoms. The molecular formula is C15H21N5O2. The Hall–Kier alpha value is -2.15. The molecule has 118 valence electrons. The highest BCUT2D eigenvalue weighted by Crippen LogP contribution is 2.31. The van der Waals surface area contributed by atoms with E-state index in [2.05, 4.69) is 20.0 Å². The van der Waals surface area contributed by atoms with Crippen molar-refractivity contribution in [2.24, 2.45) is 7.05 Å². The van der Waals surface area contributed by atoms with E-state index in [4.69, 9.17) is 9.47 Å². The lowest BCUT2D eigenvalue weighted by Gasteiger charge is -2.33. The predicted molar refractivity (Wildman–Crippen MR) is 82.1 cm³/mol. The molecule has 2 aromatic heterocycles. The van der Waals surface area contributed by atoms with Gasteiger partial charge >= 0.3 is 0 Å². The molecule has 0 fully saturated rings. The van der Waals surface area contributed by atoms with Crippen molar-refractivity contribution in [3.8, 4) is 5.88 Å². The fourth-order valence-corrected chi connectivity index (χ4v) is 2.94. The number of hydrogen-bond acceptors (Lipinski definition) is 6. The third kappa shape index (κ3) is 2.76. The van der Waals surface area contributed by atoms with Gasteiger partial charge in [-0.25, -0.2) is 9.97 Å². The first kappa shape index (κ1) is 14.8. The van der Waals surface area contributed by atoms with Crippen LogP contribution in [0.2, 0.25) is 0 Å². The molecular weight excluding hydrogens is 282 g/mol. The number of aryl methyl sites for hydroxylation is 1. The van der Waals surface area contributed by atoms with E-state index in [1.165, 1.54) is 17.6 Å². The Morgan fingerprint density at radius 2 is 2.23 bits per heavy atom. The molecule has 7 nitrogen and oxygen atoms in total. The van der Waals surface area contributed by atoms with Gasteiger partial charge in [-0.15, -0.1) is 0 Å². The Morgan fingerprint density at radius 3 is 3.00 bits per heavy atom. The maximum Gasteiger partial charge on any atom is 0.218 e. The Morgan fingerprint density at radius 1 is 1.36 bits per heavy atom. The van der Waals surface area contributed by atoms with Gasteiger partial charge in [0.2, 0.25) is 5.88 Å². The van der Waals surface area contributed by atoms with Crippen molar-refractivity contribution in [1.29, 1.82) is 0 Å². The van der Waals surface area contributed by atoms with E-state index < -0.39 is 0 Å². The molecule has 0 unspecified atom stereocenters. The minimum absolute atomic E-state index is 0.275. The minimum Gasteiger partial charge on any atom is -0.481 e. The number of ether oxygens (including phenoxy) is 2. The van der Waals surface area contributed by atoms with Crippen molar-refractivity contribution in [2.45, 2.75) is 19.4 Å². The maximum atomic E-state index is 5.66. The van der Waals surface area contributed by atoms with Crippen molar-refractivity contribution in [1.82, 2.24) is 19.7 Å². The van der Waals surface area contributed by atoms with E-state index in [0.717, 1.165) is 18.9 Å². The Labute approximate surface area is 129 Å². The predicted octanol–water partition coefficient (Wildman–Crippen LogP) is 1.36. The average Bonchev–Trinajstić information content (AvgIpc) is 2.94. The summed E-state index contributed by atoms with van der Waals surface area (Å²) in [6.07, 6.45) is 3.46. The number of methoxy groups -OCH3 is 1. The molecule has 22 heavy (non-hydrogen) atoms. The summed E-state index contributed by atoms with van der Waals surface area (Å²) in [5.41, 5.74) is 2.47. The van der Waals surface area contributed by atoms with Crippen LogP contribution in [0.4, 0.5) is 5.82 Å². The van der Waals surface area contributed by atoms with E-state index in [0.29, 0.717) is 19.1 Å². The van der Waals surface area contributed by atoms with Crippen molar-refractivity contribution in [3.63, 3.8) is 0 Å². The molecule has 0 saturated carbocycles. The quantitative estimate of drug-likeness (QED) is 0.831. The standard InChI is InChI=1S/C15H21N5O2/c1-4-22-9-12-8-20(7-11-6-18-19(2)15(11)12)13-5-14(21-3)17-10-16-13/h5-6,10,12H,4,7-9H2,1-3H3/t12-/m0/s1. The van der Waals surface area contributed by atoms with Gasteiger partial charge in [0.1, 0.15) is 12.1 Å². The summed E-state index contributed by atoms with van der Waals surface area (Å²) < 4.78 is 12.8. The molecule has 1 aliphatic rings. The van der Waals surface area contributed by atoms with Gasteiger partial charge in [-0.3, -0.25) is 4.68 Å². The number of anilines is 1. The minimum atomic E-state index is 0.275. The van der Waals surface area contributed by atoms with E-state index in [-0.39, 0.29) is 5.92 Å². The van der Waals surface area contributed by atoms with Crippen LogP contribution in [-0.2, 0) is 18.3 Å². The molecule has 7 heteroatoms. The fraction of sp³-hybridized carbons (Fsp3) is 0.533. The van der Waals surface area contributed by atoms with Crippen molar-refractivity contribution >= 4 is 5.82 Å². The topological polar surface area (TPSA) is 65.3 Å². The number of nitrogens with zero attached hydrogens (tertiary/aromatic N) is 5. The van der Waals surface area contributed by atoms with Crippen LogP contribution in [0, 0.1) is 0 Å². The van der Waals surface area contributed by atoms with E-state index in [9.17, 15) is 0 Å². The first-order valence-electron chi connectivity index (χ1n) is 7.42. The summed E-state index contributed by atoms with van der Waals surface area (Å²) in [5, 5.41) is 4.40. The Balaban J connectivity index is 1.89. The Kier molecular flexibility index (Phi) is 4.24. The van der Waals surface area contributed by atoms with Crippen LogP contribution in [-0.4, -0.2) is 46.6 Å². The van der Waals surface area contributed by atoms with Gasteiger partial charge in [0.15, 0.2) is 0 Å². The largest absolute Gasteiger partial charge is 0.481 e. The van der Waals surface area contributed by atoms with Gasteiger partial charge in [-0.1, -0.05) is 0 Å². The van der Waals surface area contributed by atoms with Crippen molar-refractivity contribution < 1.29 is 9.47 Å². The van der Waals surface area contributed by atoms with Gasteiger partial charge in [0.05, 0.1) is 25.6 Å². The molecule has 3 rings (SSSR count). The average molecular weight is 303 g/mol. The zero-order valence-corrected chi connectivity index (χ0v) is 13.2. The highest BCUT2D eigenvalue weighted by Gasteiger charge is 2.29. The number of hydrogen-bond donors (Lipinski definition) is 0. The Bertz CT molecular complexity index is 643. The van der Waals surface area contributed by atoms with E-state index in [1.807, 2.05) is 30.9 Å². The SMILES string of the molecule is CCOC[C@@H]1CN(c2cc(OC)ncn2)Cc2cnn(C)c21. The fourth-order valence-electron chi connectivity index (χ4n) is 2.94. The monoisotopic (exact) mass is 303 g/mol. The molecule has 2 aromatic rings. The van der Waals surface area contributed by atoms with Gasteiger partial charge in [-0.05, 0) is 6.92 Å². The zero-order valence-electron chi connectivity index (χ0n) is 13.2. The van der Waals surface area contributed by atoms with Crippen LogP contribution >= 0.6 is 0 Å². The normalized spacial score (nSPS) is 17.4. The molecule has 1 aliphatic heterocycles. The third-order valence-electron chi connectivity index (χ3n) is 3.94. The summed E-state index contributed by atoms with van der Waals surface area (Å²) in [5.74, 6) is 1.71. The lowest BCUT2D eigenvalue weighted by molar-refractivity contribution is 0.129. The maximum absolute atomic E-state index is 5.66. The second-order valence-corrected chi connectivity index (χ2v) is 5.33. The lowest BCUT2D eigenvalue weighted by Crippen LogP contribution is -2.36. The van der Waals surface area contributed by atoms with Crippen LogP contribution in [0.1, 0.15) is 24.1 Å². The van der Waals surface area contributed by atoms with E-state index >= 15 is 0 Å². The van der Waals surface area contributed by atoms with Gasteiger partial charge in [0.25, 0.3) is 0 Å². The van der Waals surface area contributed by atoms with Crippen molar-refractivity contribution in [3.05, 3.63) is 29.8 Å². The third-order valence-corrected chi connectivity index (χ3v) is 3.94. The molecule has 0 radical (unpaired) electrons.